The lowest BCUT2D eigenvalue weighted by atomic mass is 9.93. The van der Waals surface area contributed by atoms with Crippen LogP contribution in [0.3, 0.4) is 0 Å². The van der Waals surface area contributed by atoms with Crippen molar-refractivity contribution in [2.24, 2.45) is 0 Å². The lowest BCUT2D eigenvalue weighted by Gasteiger charge is -2.28. The standard InChI is InChI=1S/C12H16N4O3S/c1-19-9-4-2-3-8(7-9)13-10-11(16(17)18)15-5-6-20-12(15)14-10/h5-6,8-9,13H,2-4,7H2,1H3. The van der Waals surface area contributed by atoms with Crippen molar-refractivity contribution in [2.45, 2.75) is 37.8 Å². The summed E-state index contributed by atoms with van der Waals surface area (Å²) in [5, 5.41) is 16.3. The van der Waals surface area contributed by atoms with Gasteiger partial charge >= 0.3 is 5.82 Å². The number of hydrogen-bond acceptors (Lipinski definition) is 6. The largest absolute Gasteiger partial charge is 0.381 e. The molecule has 2 heterocycles. The first-order valence-electron chi connectivity index (χ1n) is 6.58. The number of methoxy groups -OCH3 is 1. The lowest BCUT2D eigenvalue weighted by Crippen LogP contribution is -2.31. The van der Waals surface area contributed by atoms with E-state index < -0.39 is 0 Å². The van der Waals surface area contributed by atoms with E-state index in [9.17, 15) is 10.1 Å². The third-order valence-electron chi connectivity index (χ3n) is 3.71. The predicted molar refractivity (Wildman–Crippen MR) is 76.4 cm³/mol. The number of fused-ring (bicyclic) bond motifs is 1. The third kappa shape index (κ3) is 2.36. The minimum atomic E-state index is -0.383. The first-order valence-corrected chi connectivity index (χ1v) is 7.46. The van der Waals surface area contributed by atoms with E-state index in [0.717, 1.165) is 25.7 Å². The van der Waals surface area contributed by atoms with Gasteiger partial charge in [0.2, 0.25) is 5.82 Å². The highest BCUT2D eigenvalue weighted by Gasteiger charge is 2.28. The summed E-state index contributed by atoms with van der Waals surface area (Å²) >= 11 is 1.39. The Balaban J connectivity index is 1.84. The van der Waals surface area contributed by atoms with Crippen molar-refractivity contribution in [3.8, 4) is 0 Å². The Morgan fingerprint density at radius 1 is 1.60 bits per heavy atom. The summed E-state index contributed by atoms with van der Waals surface area (Å²) in [4.78, 5) is 15.8. The summed E-state index contributed by atoms with van der Waals surface area (Å²) in [6, 6.07) is 0.178. The van der Waals surface area contributed by atoms with Crippen LogP contribution in [0.4, 0.5) is 11.6 Å². The average molecular weight is 296 g/mol. The molecule has 0 aliphatic heterocycles. The summed E-state index contributed by atoms with van der Waals surface area (Å²) in [6.45, 7) is 0. The maximum Gasteiger partial charge on any atom is 0.372 e. The van der Waals surface area contributed by atoms with Crippen molar-refractivity contribution >= 4 is 27.9 Å². The highest BCUT2D eigenvalue weighted by Crippen LogP contribution is 2.31. The van der Waals surface area contributed by atoms with Crippen LogP contribution in [0, 0.1) is 10.1 Å². The van der Waals surface area contributed by atoms with Crippen LogP contribution in [-0.2, 0) is 4.74 Å². The number of ether oxygens (including phenoxy) is 1. The Labute approximate surface area is 119 Å². The molecule has 0 radical (unpaired) electrons. The molecule has 0 amide bonds. The molecule has 2 unspecified atom stereocenters. The Kier molecular flexibility index (Phi) is 3.58. The van der Waals surface area contributed by atoms with Crippen molar-refractivity contribution in [1.29, 1.82) is 0 Å². The van der Waals surface area contributed by atoms with Gasteiger partial charge in [-0.25, -0.2) is 0 Å². The molecule has 1 fully saturated rings. The maximum absolute atomic E-state index is 11.2. The number of rotatable bonds is 4. The third-order valence-corrected chi connectivity index (χ3v) is 4.47. The SMILES string of the molecule is COC1CCCC(Nc2nc3sccn3c2[N+](=O)[O-])C1. The lowest BCUT2D eigenvalue weighted by molar-refractivity contribution is -0.389. The number of nitrogens with zero attached hydrogens (tertiary/aromatic N) is 3. The molecule has 0 aromatic carbocycles. The highest BCUT2D eigenvalue weighted by molar-refractivity contribution is 7.15. The van der Waals surface area contributed by atoms with Crippen LogP contribution in [0.15, 0.2) is 11.6 Å². The van der Waals surface area contributed by atoms with Crippen LogP contribution in [0.2, 0.25) is 0 Å². The van der Waals surface area contributed by atoms with Crippen LogP contribution < -0.4 is 5.32 Å². The van der Waals surface area contributed by atoms with E-state index in [-0.39, 0.29) is 22.9 Å². The van der Waals surface area contributed by atoms with Crippen LogP contribution in [0.1, 0.15) is 25.7 Å². The zero-order valence-electron chi connectivity index (χ0n) is 11.1. The zero-order valence-corrected chi connectivity index (χ0v) is 11.9. The molecular formula is C12H16N4O3S. The van der Waals surface area contributed by atoms with Gasteiger partial charge in [0, 0.05) is 18.5 Å². The Morgan fingerprint density at radius 3 is 3.20 bits per heavy atom. The number of nitrogens with one attached hydrogen (secondary N) is 1. The monoisotopic (exact) mass is 296 g/mol. The molecule has 20 heavy (non-hydrogen) atoms. The molecule has 2 aromatic rings. The summed E-state index contributed by atoms with van der Waals surface area (Å²) in [5.74, 6) is 0.379. The Morgan fingerprint density at radius 2 is 2.45 bits per heavy atom. The molecule has 1 saturated carbocycles. The van der Waals surface area contributed by atoms with E-state index in [2.05, 4.69) is 10.3 Å². The summed E-state index contributed by atoms with van der Waals surface area (Å²) in [7, 11) is 1.71. The van der Waals surface area contributed by atoms with Crippen LogP contribution >= 0.6 is 11.3 Å². The molecule has 1 N–H and O–H groups in total. The Hall–Kier alpha value is -1.67. The van der Waals surface area contributed by atoms with Crippen LogP contribution in [0.25, 0.3) is 4.96 Å². The molecule has 1 aliphatic carbocycles. The van der Waals surface area contributed by atoms with Gasteiger partial charge in [0.15, 0.2) is 0 Å². The average Bonchev–Trinajstić information content (AvgIpc) is 2.98. The number of nitro groups is 1. The topological polar surface area (TPSA) is 81.7 Å². The fourth-order valence-electron chi connectivity index (χ4n) is 2.73. The first kappa shape index (κ1) is 13.3. The van der Waals surface area contributed by atoms with Gasteiger partial charge in [0.05, 0.1) is 6.10 Å². The van der Waals surface area contributed by atoms with Gasteiger partial charge in [-0.3, -0.25) is 0 Å². The minimum absolute atomic E-state index is 0.0146. The molecule has 2 atom stereocenters. The van der Waals surface area contributed by atoms with E-state index >= 15 is 0 Å². The fraction of sp³-hybridized carbons (Fsp3) is 0.583. The second kappa shape index (κ2) is 5.37. The predicted octanol–water partition coefficient (Wildman–Crippen LogP) is 2.67. The van der Waals surface area contributed by atoms with Gasteiger partial charge < -0.3 is 20.2 Å². The molecule has 8 heteroatoms. The van der Waals surface area contributed by atoms with Crippen LogP contribution in [0.5, 0.6) is 0 Å². The second-order valence-electron chi connectivity index (χ2n) is 4.96. The number of thiazole rings is 1. The van der Waals surface area contributed by atoms with E-state index in [0.29, 0.717) is 10.8 Å². The molecule has 0 bridgehead atoms. The molecule has 1 aliphatic rings. The first-order chi connectivity index (χ1) is 9.69. The van der Waals surface area contributed by atoms with Gasteiger partial charge in [-0.1, -0.05) is 11.3 Å². The fourth-order valence-corrected chi connectivity index (χ4v) is 3.44. The van der Waals surface area contributed by atoms with Gasteiger partial charge in [0.25, 0.3) is 4.96 Å². The number of aromatic nitrogens is 2. The molecule has 2 aromatic heterocycles. The Bertz CT molecular complexity index is 623. The molecule has 3 rings (SSSR count). The van der Waals surface area contributed by atoms with Crippen molar-refractivity contribution in [2.75, 3.05) is 12.4 Å². The summed E-state index contributed by atoms with van der Waals surface area (Å²) in [6.07, 6.45) is 5.86. The van der Waals surface area contributed by atoms with Crippen molar-refractivity contribution in [3.05, 3.63) is 21.7 Å². The normalized spacial score (nSPS) is 23.1. The summed E-state index contributed by atoms with van der Waals surface area (Å²) < 4.78 is 6.90. The van der Waals surface area contributed by atoms with E-state index in [1.165, 1.54) is 15.7 Å². The van der Waals surface area contributed by atoms with Gasteiger partial charge in [0.1, 0.15) is 6.20 Å². The molecule has 0 spiro atoms. The molecule has 108 valence electrons. The maximum atomic E-state index is 11.2. The number of anilines is 1. The van der Waals surface area contributed by atoms with E-state index in [4.69, 9.17) is 4.74 Å². The van der Waals surface area contributed by atoms with Crippen LogP contribution in [-0.4, -0.2) is 33.6 Å². The van der Waals surface area contributed by atoms with Crippen molar-refractivity contribution in [1.82, 2.24) is 9.38 Å². The zero-order chi connectivity index (χ0) is 14.1. The van der Waals surface area contributed by atoms with E-state index in [1.807, 2.05) is 0 Å². The van der Waals surface area contributed by atoms with E-state index in [1.54, 1.807) is 18.7 Å². The summed E-state index contributed by atoms with van der Waals surface area (Å²) in [5.41, 5.74) is 0. The highest BCUT2D eigenvalue weighted by atomic mass is 32.1. The molecular weight excluding hydrogens is 280 g/mol. The van der Waals surface area contributed by atoms with Gasteiger partial charge in [-0.05, 0) is 30.6 Å². The van der Waals surface area contributed by atoms with Gasteiger partial charge in [-0.15, -0.1) is 0 Å². The number of imidazole rings is 1. The second-order valence-corrected chi connectivity index (χ2v) is 5.84. The quantitative estimate of drug-likeness (QED) is 0.693. The van der Waals surface area contributed by atoms with Crippen molar-refractivity contribution < 1.29 is 9.66 Å². The van der Waals surface area contributed by atoms with Crippen molar-refractivity contribution in [3.63, 3.8) is 0 Å². The molecule has 0 saturated heterocycles. The smallest absolute Gasteiger partial charge is 0.372 e. The number of hydrogen-bond donors (Lipinski definition) is 1. The van der Waals surface area contributed by atoms with Gasteiger partial charge in [-0.2, -0.15) is 9.38 Å². The minimum Gasteiger partial charge on any atom is -0.381 e. The molecule has 7 nitrogen and oxygen atoms in total.